The van der Waals surface area contributed by atoms with Crippen molar-refractivity contribution < 1.29 is 14.0 Å². The van der Waals surface area contributed by atoms with Gasteiger partial charge in [0.2, 0.25) is 11.8 Å². The number of hydrogen-bond donors (Lipinski definition) is 2. The Morgan fingerprint density at radius 2 is 1.91 bits per heavy atom. The molecule has 2 aromatic heterocycles. The molecule has 7 nitrogen and oxygen atoms in total. The van der Waals surface area contributed by atoms with Gasteiger partial charge in [-0.2, -0.15) is 5.10 Å². The Balaban J connectivity index is 1.28. The molecule has 1 fully saturated rings. The van der Waals surface area contributed by atoms with E-state index < -0.39 is 6.04 Å². The first kappa shape index (κ1) is 20.0. The molecule has 0 saturated carbocycles. The van der Waals surface area contributed by atoms with Crippen molar-refractivity contribution in [3.05, 3.63) is 83.9 Å². The number of nitrogens with one attached hydrogen (secondary N) is 2. The van der Waals surface area contributed by atoms with Crippen molar-refractivity contribution >= 4 is 28.5 Å². The molecule has 32 heavy (non-hydrogen) atoms. The number of aromatic nitrogens is 3. The predicted octanol–water partition coefficient (Wildman–Crippen LogP) is 3.68. The van der Waals surface area contributed by atoms with Crippen LogP contribution in [0.1, 0.15) is 24.0 Å². The second-order valence-corrected chi connectivity index (χ2v) is 7.91. The van der Waals surface area contributed by atoms with E-state index in [1.807, 2.05) is 30.5 Å². The summed E-state index contributed by atoms with van der Waals surface area (Å²) in [6.07, 6.45) is 4.37. The molecule has 4 aromatic rings. The van der Waals surface area contributed by atoms with E-state index in [9.17, 15) is 14.0 Å². The summed E-state index contributed by atoms with van der Waals surface area (Å²) >= 11 is 0. The first-order chi connectivity index (χ1) is 15.6. The quantitative estimate of drug-likeness (QED) is 0.489. The Morgan fingerprint density at radius 1 is 1.09 bits per heavy atom. The summed E-state index contributed by atoms with van der Waals surface area (Å²) in [4.78, 5) is 30.3. The smallest absolute Gasteiger partial charge is 0.248 e. The van der Waals surface area contributed by atoms with Crippen LogP contribution in [0.4, 0.5) is 10.2 Å². The Bertz CT molecular complexity index is 1290. The van der Waals surface area contributed by atoms with E-state index in [0.29, 0.717) is 30.8 Å². The summed E-state index contributed by atoms with van der Waals surface area (Å²) in [6.45, 7) is 0.625. The lowest BCUT2D eigenvalue weighted by Crippen LogP contribution is -2.41. The molecule has 162 valence electrons. The van der Waals surface area contributed by atoms with Crippen LogP contribution < -0.4 is 5.32 Å². The lowest BCUT2D eigenvalue weighted by Gasteiger charge is -2.23. The average molecular weight is 431 g/mol. The molecule has 2 amide bonds. The number of benzene rings is 2. The number of aromatic amines is 1. The molecule has 1 atom stereocenters. The number of likely N-dealkylation sites (tertiary alicyclic amines) is 1. The van der Waals surface area contributed by atoms with Gasteiger partial charge in [-0.3, -0.25) is 14.3 Å². The first-order valence-electron chi connectivity index (χ1n) is 10.5. The van der Waals surface area contributed by atoms with Gasteiger partial charge < -0.3 is 15.2 Å². The Kier molecular flexibility index (Phi) is 5.18. The fourth-order valence-electron chi connectivity index (χ4n) is 4.18. The fourth-order valence-corrected chi connectivity index (χ4v) is 4.18. The van der Waals surface area contributed by atoms with Crippen LogP contribution in [0.15, 0.2) is 67.0 Å². The molecule has 3 heterocycles. The van der Waals surface area contributed by atoms with E-state index in [4.69, 9.17) is 0 Å². The Hall–Kier alpha value is -3.94. The average Bonchev–Trinajstić information content (AvgIpc) is 3.50. The Morgan fingerprint density at radius 3 is 2.78 bits per heavy atom. The monoisotopic (exact) mass is 431 g/mol. The zero-order chi connectivity index (χ0) is 22.1. The van der Waals surface area contributed by atoms with Crippen LogP contribution in [0.2, 0.25) is 0 Å². The van der Waals surface area contributed by atoms with E-state index in [1.54, 1.807) is 40.0 Å². The highest BCUT2D eigenvalue weighted by Gasteiger charge is 2.36. The molecule has 1 aliphatic heterocycles. The van der Waals surface area contributed by atoms with Crippen LogP contribution in [-0.2, 0) is 22.7 Å². The van der Waals surface area contributed by atoms with Crippen molar-refractivity contribution in [3.8, 4) is 0 Å². The van der Waals surface area contributed by atoms with Gasteiger partial charge in [0.1, 0.15) is 11.9 Å². The summed E-state index contributed by atoms with van der Waals surface area (Å²) in [5.74, 6) is -0.240. The number of carbonyl (C=O) groups excluding carboxylic acids is 2. The minimum Gasteiger partial charge on any atom is -0.361 e. The second-order valence-electron chi connectivity index (χ2n) is 7.91. The van der Waals surface area contributed by atoms with Crippen LogP contribution in [0.5, 0.6) is 0 Å². The van der Waals surface area contributed by atoms with E-state index in [0.717, 1.165) is 16.5 Å². The molecule has 0 spiro atoms. The van der Waals surface area contributed by atoms with Crippen LogP contribution in [0.25, 0.3) is 10.9 Å². The molecular weight excluding hydrogens is 409 g/mol. The van der Waals surface area contributed by atoms with Crippen LogP contribution in [-0.4, -0.2) is 37.5 Å². The van der Waals surface area contributed by atoms with Crippen molar-refractivity contribution in [1.29, 1.82) is 0 Å². The molecule has 2 N–H and O–H groups in total. The minimum absolute atomic E-state index is 0.0412. The molecule has 0 aliphatic carbocycles. The third kappa shape index (κ3) is 3.87. The van der Waals surface area contributed by atoms with Crippen LogP contribution >= 0.6 is 0 Å². The third-order valence-corrected chi connectivity index (χ3v) is 5.83. The topological polar surface area (TPSA) is 83.0 Å². The standard InChI is InChI=1S/C24H22FN5O2/c25-19-7-3-1-5-16(19)14-29-12-11-22(28-29)27-24(32)21-9-10-23(31)30(21)15-17-13-26-20-8-4-2-6-18(17)20/h1-8,11-13,21,26H,9-10,14-15H2,(H,27,28,32). The van der Waals surface area contributed by atoms with Crippen LogP contribution in [0, 0.1) is 5.82 Å². The van der Waals surface area contributed by atoms with Crippen molar-refractivity contribution in [2.75, 3.05) is 5.32 Å². The number of amides is 2. The summed E-state index contributed by atoms with van der Waals surface area (Å²) in [6, 6.07) is 15.5. The maximum Gasteiger partial charge on any atom is 0.248 e. The van der Waals surface area contributed by atoms with Gasteiger partial charge in [-0.05, 0) is 24.1 Å². The lowest BCUT2D eigenvalue weighted by molar-refractivity contribution is -0.133. The van der Waals surface area contributed by atoms with Gasteiger partial charge in [0.05, 0.1) is 6.54 Å². The lowest BCUT2D eigenvalue weighted by atomic mass is 10.1. The van der Waals surface area contributed by atoms with E-state index >= 15 is 0 Å². The number of para-hydroxylation sites is 1. The molecule has 0 bridgehead atoms. The largest absolute Gasteiger partial charge is 0.361 e. The molecule has 8 heteroatoms. The zero-order valence-corrected chi connectivity index (χ0v) is 17.3. The molecule has 5 rings (SSSR count). The molecular formula is C24H22FN5O2. The van der Waals surface area contributed by atoms with Crippen molar-refractivity contribution in [2.45, 2.75) is 32.0 Å². The molecule has 1 aliphatic rings. The highest BCUT2D eigenvalue weighted by molar-refractivity contribution is 5.98. The van der Waals surface area contributed by atoms with E-state index in [-0.39, 0.29) is 24.2 Å². The summed E-state index contributed by atoms with van der Waals surface area (Å²) in [7, 11) is 0. The van der Waals surface area contributed by atoms with E-state index in [2.05, 4.69) is 15.4 Å². The summed E-state index contributed by atoms with van der Waals surface area (Å²) in [5.41, 5.74) is 2.48. The van der Waals surface area contributed by atoms with Crippen molar-refractivity contribution in [2.24, 2.45) is 0 Å². The highest BCUT2D eigenvalue weighted by atomic mass is 19.1. The number of anilines is 1. The van der Waals surface area contributed by atoms with Gasteiger partial charge in [0.25, 0.3) is 0 Å². The number of carbonyl (C=O) groups is 2. The van der Waals surface area contributed by atoms with Gasteiger partial charge in [-0.15, -0.1) is 0 Å². The van der Waals surface area contributed by atoms with Gasteiger partial charge in [0, 0.05) is 47.9 Å². The normalized spacial score (nSPS) is 16.1. The fraction of sp³-hybridized carbons (Fsp3) is 0.208. The summed E-state index contributed by atoms with van der Waals surface area (Å²) in [5, 5.41) is 8.17. The number of fused-ring (bicyclic) bond motifs is 1. The summed E-state index contributed by atoms with van der Waals surface area (Å²) < 4.78 is 15.4. The Labute approximate surface area is 183 Å². The maximum atomic E-state index is 13.9. The highest BCUT2D eigenvalue weighted by Crippen LogP contribution is 2.26. The SMILES string of the molecule is O=C(Nc1ccn(Cc2ccccc2F)n1)C1CCC(=O)N1Cc1c[nH]c2ccccc12. The molecule has 1 saturated heterocycles. The predicted molar refractivity (Wildman–Crippen MR) is 118 cm³/mol. The van der Waals surface area contributed by atoms with Gasteiger partial charge >= 0.3 is 0 Å². The maximum absolute atomic E-state index is 13.9. The third-order valence-electron chi connectivity index (χ3n) is 5.83. The van der Waals surface area contributed by atoms with E-state index in [1.165, 1.54) is 6.07 Å². The second kappa shape index (κ2) is 8.30. The number of H-pyrrole nitrogens is 1. The van der Waals surface area contributed by atoms with Gasteiger partial charge in [-0.1, -0.05) is 36.4 Å². The first-order valence-corrected chi connectivity index (χ1v) is 10.5. The molecule has 1 unspecified atom stereocenters. The van der Waals surface area contributed by atoms with Crippen molar-refractivity contribution in [3.63, 3.8) is 0 Å². The molecule has 2 aromatic carbocycles. The minimum atomic E-state index is -0.562. The van der Waals surface area contributed by atoms with Gasteiger partial charge in [0.15, 0.2) is 5.82 Å². The number of rotatable bonds is 6. The number of nitrogens with zero attached hydrogens (tertiary/aromatic N) is 3. The van der Waals surface area contributed by atoms with Crippen LogP contribution in [0.3, 0.4) is 0 Å². The molecule has 0 radical (unpaired) electrons. The number of halogens is 1. The van der Waals surface area contributed by atoms with Crippen molar-refractivity contribution in [1.82, 2.24) is 19.7 Å². The zero-order valence-electron chi connectivity index (χ0n) is 17.3. The van der Waals surface area contributed by atoms with Gasteiger partial charge in [-0.25, -0.2) is 4.39 Å². The number of hydrogen-bond acceptors (Lipinski definition) is 3.